The molecule has 2 amide bonds. The van der Waals surface area contributed by atoms with Crippen LogP contribution in [0.4, 0.5) is 5.69 Å². The van der Waals surface area contributed by atoms with Gasteiger partial charge in [0.1, 0.15) is 5.75 Å². The van der Waals surface area contributed by atoms with Crippen molar-refractivity contribution in [2.45, 2.75) is 13.8 Å². The normalized spacial score (nSPS) is 15.3. The van der Waals surface area contributed by atoms with Crippen molar-refractivity contribution in [3.05, 3.63) is 65.4 Å². The third-order valence-electron chi connectivity index (χ3n) is 4.11. The van der Waals surface area contributed by atoms with Crippen molar-refractivity contribution in [3.63, 3.8) is 0 Å². The van der Waals surface area contributed by atoms with Crippen LogP contribution in [-0.2, 0) is 9.53 Å². The number of anilines is 1. The van der Waals surface area contributed by atoms with Gasteiger partial charge < -0.3 is 9.47 Å². The highest BCUT2D eigenvalue weighted by Gasteiger charge is 2.37. The molecule has 5 heteroatoms. The highest BCUT2D eigenvalue weighted by Crippen LogP contribution is 2.35. The summed E-state index contributed by atoms with van der Waals surface area (Å²) in [6.07, 6.45) is 1.42. The average Bonchev–Trinajstić information content (AvgIpc) is 2.63. The fourth-order valence-electron chi connectivity index (χ4n) is 2.82. The van der Waals surface area contributed by atoms with E-state index in [9.17, 15) is 9.59 Å². The minimum Gasteiger partial charge on any atom is -0.501 e. The van der Waals surface area contributed by atoms with Crippen LogP contribution in [0.15, 0.2) is 48.7 Å². The van der Waals surface area contributed by atoms with Crippen LogP contribution < -0.4 is 9.64 Å². The van der Waals surface area contributed by atoms with Crippen molar-refractivity contribution in [2.24, 2.45) is 0 Å². The molecule has 0 bridgehead atoms. The molecule has 0 radical (unpaired) electrons. The molecule has 0 aliphatic carbocycles. The summed E-state index contributed by atoms with van der Waals surface area (Å²) in [4.78, 5) is 27.3. The topological polar surface area (TPSA) is 55.8 Å². The van der Waals surface area contributed by atoms with Crippen LogP contribution >= 0.6 is 0 Å². The van der Waals surface area contributed by atoms with E-state index in [2.05, 4.69) is 0 Å². The van der Waals surface area contributed by atoms with Gasteiger partial charge in [-0.3, -0.25) is 9.59 Å². The first kappa shape index (κ1) is 16.8. The number of fused-ring (bicyclic) bond motifs is 1. The Morgan fingerprint density at radius 1 is 1.04 bits per heavy atom. The Morgan fingerprint density at radius 3 is 2.48 bits per heavy atom. The highest BCUT2D eigenvalue weighted by molar-refractivity contribution is 6.41. The van der Waals surface area contributed by atoms with E-state index in [1.165, 1.54) is 18.3 Å². The summed E-state index contributed by atoms with van der Waals surface area (Å²) < 4.78 is 10.6. The van der Waals surface area contributed by atoms with E-state index in [4.69, 9.17) is 9.47 Å². The van der Waals surface area contributed by atoms with Gasteiger partial charge >= 0.3 is 0 Å². The number of nitrogens with zero attached hydrogens (tertiary/aromatic N) is 1. The maximum atomic E-state index is 13.0. The molecule has 0 saturated carbocycles. The monoisotopic (exact) mass is 337 g/mol. The zero-order valence-corrected chi connectivity index (χ0v) is 14.4. The van der Waals surface area contributed by atoms with Crippen molar-refractivity contribution >= 4 is 23.1 Å². The van der Waals surface area contributed by atoms with E-state index in [1.807, 2.05) is 26.0 Å². The van der Waals surface area contributed by atoms with Crippen LogP contribution in [0.3, 0.4) is 0 Å². The predicted octanol–water partition coefficient (Wildman–Crippen LogP) is 3.57. The Bertz CT molecular complexity index is 870. The van der Waals surface area contributed by atoms with Gasteiger partial charge in [-0.1, -0.05) is 18.2 Å². The first-order valence-corrected chi connectivity index (χ1v) is 8.03. The zero-order valence-electron chi connectivity index (χ0n) is 14.4. The number of para-hydroxylation sites is 1. The van der Waals surface area contributed by atoms with Crippen molar-refractivity contribution in [2.75, 3.05) is 18.6 Å². The smallest absolute Gasteiger partial charge is 0.269 e. The maximum Gasteiger partial charge on any atom is 0.269 e. The number of imide groups is 1. The van der Waals surface area contributed by atoms with E-state index in [0.29, 0.717) is 34.7 Å². The lowest BCUT2D eigenvalue weighted by molar-refractivity contribution is -0.113. The van der Waals surface area contributed by atoms with Crippen molar-refractivity contribution < 1.29 is 19.1 Å². The summed E-state index contributed by atoms with van der Waals surface area (Å²) in [5.74, 6) is -0.214. The number of carbonyl (C=O) groups excluding carboxylic acids is 2. The molecule has 0 fully saturated rings. The Kier molecular flexibility index (Phi) is 4.57. The van der Waals surface area contributed by atoms with E-state index < -0.39 is 5.91 Å². The van der Waals surface area contributed by atoms with Crippen LogP contribution in [0.25, 0.3) is 5.57 Å². The molecule has 0 unspecified atom stereocenters. The Hall–Kier alpha value is -3.08. The summed E-state index contributed by atoms with van der Waals surface area (Å²) in [5.41, 5.74) is 2.71. The molecule has 3 rings (SSSR count). The van der Waals surface area contributed by atoms with Crippen LogP contribution in [0.2, 0.25) is 0 Å². The molecule has 0 atom stereocenters. The van der Waals surface area contributed by atoms with Gasteiger partial charge in [-0.25, -0.2) is 4.90 Å². The van der Waals surface area contributed by atoms with Gasteiger partial charge in [0.2, 0.25) is 0 Å². The molecule has 1 heterocycles. The van der Waals surface area contributed by atoms with Crippen LogP contribution in [-0.4, -0.2) is 25.5 Å². The summed E-state index contributed by atoms with van der Waals surface area (Å²) >= 11 is 0. The number of carbonyl (C=O) groups is 2. The highest BCUT2D eigenvalue weighted by atomic mass is 16.5. The average molecular weight is 337 g/mol. The van der Waals surface area contributed by atoms with Crippen molar-refractivity contribution in [1.82, 2.24) is 0 Å². The lowest BCUT2D eigenvalue weighted by atomic mass is 9.93. The standard InChI is InChI=1S/C20H19NO4/c1-4-25-12-17-15-10-9-14(24-3)11-16(15)19(22)21(20(17)23)18-8-6-5-7-13(18)2/h5-12H,4H2,1-3H3. The van der Waals surface area contributed by atoms with Gasteiger partial charge in [0, 0.05) is 5.56 Å². The summed E-state index contributed by atoms with van der Waals surface area (Å²) in [6.45, 7) is 4.13. The molecule has 25 heavy (non-hydrogen) atoms. The molecular weight excluding hydrogens is 318 g/mol. The first-order chi connectivity index (χ1) is 12.1. The molecule has 0 aromatic heterocycles. The molecule has 1 aliphatic heterocycles. The lowest BCUT2D eigenvalue weighted by Gasteiger charge is -2.29. The third-order valence-corrected chi connectivity index (χ3v) is 4.11. The lowest BCUT2D eigenvalue weighted by Crippen LogP contribution is -2.42. The predicted molar refractivity (Wildman–Crippen MR) is 95.6 cm³/mol. The number of aryl methyl sites for hydroxylation is 1. The van der Waals surface area contributed by atoms with Crippen molar-refractivity contribution in [1.29, 1.82) is 0 Å². The first-order valence-electron chi connectivity index (χ1n) is 8.03. The number of amides is 2. The fourth-order valence-corrected chi connectivity index (χ4v) is 2.82. The van der Waals surface area contributed by atoms with E-state index in [0.717, 1.165) is 5.56 Å². The minimum absolute atomic E-state index is 0.349. The van der Waals surface area contributed by atoms with Gasteiger partial charge in [0.05, 0.1) is 36.8 Å². The van der Waals surface area contributed by atoms with Gasteiger partial charge in [-0.05, 0) is 43.7 Å². The second-order valence-electron chi connectivity index (χ2n) is 5.63. The van der Waals surface area contributed by atoms with Gasteiger partial charge in [0.25, 0.3) is 11.8 Å². The summed E-state index contributed by atoms with van der Waals surface area (Å²) in [5, 5.41) is 0. The molecule has 2 aromatic carbocycles. The molecular formula is C20H19NO4. The zero-order chi connectivity index (χ0) is 18.0. The number of hydrogen-bond donors (Lipinski definition) is 0. The number of rotatable bonds is 4. The van der Waals surface area contributed by atoms with Crippen LogP contribution in [0.5, 0.6) is 5.75 Å². The Morgan fingerprint density at radius 2 is 1.80 bits per heavy atom. The fraction of sp³-hybridized carbons (Fsp3) is 0.200. The summed E-state index contributed by atoms with van der Waals surface area (Å²) in [7, 11) is 1.54. The van der Waals surface area contributed by atoms with E-state index in [-0.39, 0.29) is 5.91 Å². The van der Waals surface area contributed by atoms with Crippen molar-refractivity contribution in [3.8, 4) is 5.75 Å². The molecule has 0 N–H and O–H groups in total. The minimum atomic E-state index is -0.398. The third kappa shape index (κ3) is 2.89. The molecule has 1 aliphatic rings. The van der Waals surface area contributed by atoms with Gasteiger partial charge in [-0.2, -0.15) is 0 Å². The molecule has 2 aromatic rings. The number of methoxy groups -OCH3 is 1. The molecule has 128 valence electrons. The number of benzene rings is 2. The van der Waals surface area contributed by atoms with Crippen LogP contribution in [0, 0.1) is 6.92 Å². The Labute approximate surface area is 146 Å². The number of ether oxygens (including phenoxy) is 2. The van der Waals surface area contributed by atoms with E-state index >= 15 is 0 Å². The Balaban J connectivity index is 2.21. The van der Waals surface area contributed by atoms with E-state index in [1.54, 1.807) is 30.3 Å². The van der Waals surface area contributed by atoms with Gasteiger partial charge in [-0.15, -0.1) is 0 Å². The largest absolute Gasteiger partial charge is 0.501 e. The molecule has 0 saturated heterocycles. The maximum absolute atomic E-state index is 13.0. The second kappa shape index (κ2) is 6.81. The molecule has 5 nitrogen and oxygen atoms in total. The second-order valence-corrected chi connectivity index (χ2v) is 5.63. The van der Waals surface area contributed by atoms with Crippen LogP contribution in [0.1, 0.15) is 28.4 Å². The molecule has 0 spiro atoms. The quantitative estimate of drug-likeness (QED) is 0.486. The number of hydrogen-bond acceptors (Lipinski definition) is 4. The SMILES string of the molecule is CCOC=C1C(=O)N(c2ccccc2C)C(=O)c2cc(OC)ccc21. The summed E-state index contributed by atoms with van der Waals surface area (Å²) in [6, 6.07) is 12.4. The van der Waals surface area contributed by atoms with Gasteiger partial charge in [0.15, 0.2) is 0 Å².